The van der Waals surface area contributed by atoms with Gasteiger partial charge in [-0.15, -0.1) is 0 Å². The Bertz CT molecular complexity index is 921. The molecule has 3 N–H and O–H groups in total. The van der Waals surface area contributed by atoms with Crippen molar-refractivity contribution in [3.8, 4) is 5.75 Å². The number of hydrogen-bond donors (Lipinski definition) is 2. The van der Waals surface area contributed by atoms with Gasteiger partial charge in [-0.3, -0.25) is 4.79 Å². The first-order chi connectivity index (χ1) is 13.1. The monoisotopic (exact) mass is 379 g/mol. The van der Waals surface area contributed by atoms with Crippen molar-refractivity contribution < 1.29 is 9.53 Å². The summed E-state index contributed by atoms with van der Waals surface area (Å²) in [5.41, 5.74) is 11.1. The lowest BCUT2D eigenvalue weighted by atomic mass is 10.2. The van der Waals surface area contributed by atoms with Gasteiger partial charge in [0.25, 0.3) is 5.91 Å². The largest absolute Gasteiger partial charge is 0.489 e. The Morgan fingerprint density at radius 3 is 2.33 bits per heavy atom. The molecule has 5 nitrogen and oxygen atoms in total. The molecule has 0 unspecified atom stereocenters. The number of amides is 1. The zero-order valence-corrected chi connectivity index (χ0v) is 15.2. The maximum Gasteiger partial charge on any atom is 0.271 e. The third kappa shape index (κ3) is 5.59. The molecule has 0 atom stereocenters. The second-order valence-corrected chi connectivity index (χ2v) is 6.24. The highest BCUT2D eigenvalue weighted by Gasteiger charge is 2.03. The molecule has 0 aromatic heterocycles. The summed E-state index contributed by atoms with van der Waals surface area (Å²) < 4.78 is 5.73. The van der Waals surface area contributed by atoms with Crippen LogP contribution in [0, 0.1) is 0 Å². The Hall–Kier alpha value is -3.31. The third-order valence-electron chi connectivity index (χ3n) is 3.75. The van der Waals surface area contributed by atoms with Crippen LogP contribution in [-0.2, 0) is 6.61 Å². The number of nitrogens with one attached hydrogen (secondary N) is 1. The second-order valence-electron chi connectivity index (χ2n) is 5.81. The average molecular weight is 380 g/mol. The van der Waals surface area contributed by atoms with E-state index in [0.717, 1.165) is 16.9 Å². The number of carbonyl (C=O) groups is 1. The lowest BCUT2D eigenvalue weighted by molar-refractivity contribution is 0.0955. The number of ether oxygens (including phenoxy) is 1. The van der Waals surface area contributed by atoms with Crippen LogP contribution < -0.4 is 15.9 Å². The first-order valence-electron chi connectivity index (χ1n) is 8.26. The Morgan fingerprint density at radius 1 is 1.00 bits per heavy atom. The standard InChI is InChI=1S/C21H18ClN3O2/c22-18-7-1-16(2-8-18)14-27-20-11-3-15(4-12-20)13-24-25-21(26)17-5-9-19(23)10-6-17/h1-13H,14,23H2,(H,25,26). The van der Waals surface area contributed by atoms with Gasteiger partial charge in [-0.05, 0) is 71.8 Å². The van der Waals surface area contributed by atoms with Crippen LogP contribution in [0.2, 0.25) is 5.02 Å². The lowest BCUT2D eigenvalue weighted by Gasteiger charge is -2.06. The molecule has 6 heteroatoms. The molecule has 0 saturated carbocycles. The predicted molar refractivity (Wildman–Crippen MR) is 108 cm³/mol. The zero-order valence-electron chi connectivity index (χ0n) is 14.4. The molecule has 0 spiro atoms. The summed E-state index contributed by atoms with van der Waals surface area (Å²) in [7, 11) is 0. The van der Waals surface area contributed by atoms with Gasteiger partial charge in [-0.25, -0.2) is 5.43 Å². The van der Waals surface area contributed by atoms with Gasteiger partial charge in [0.05, 0.1) is 6.21 Å². The number of nitrogens with zero attached hydrogens (tertiary/aromatic N) is 1. The van der Waals surface area contributed by atoms with Gasteiger partial charge < -0.3 is 10.5 Å². The van der Waals surface area contributed by atoms with Crippen LogP contribution in [0.25, 0.3) is 0 Å². The molecule has 0 fully saturated rings. The molecular formula is C21H18ClN3O2. The summed E-state index contributed by atoms with van der Waals surface area (Å²) in [5, 5.41) is 4.66. The van der Waals surface area contributed by atoms with Crippen LogP contribution in [0.5, 0.6) is 5.75 Å². The minimum absolute atomic E-state index is 0.297. The maximum atomic E-state index is 11.9. The second kappa shape index (κ2) is 8.87. The summed E-state index contributed by atoms with van der Waals surface area (Å²) in [5.74, 6) is 0.446. The van der Waals surface area contributed by atoms with E-state index in [1.165, 1.54) is 0 Å². The lowest BCUT2D eigenvalue weighted by Crippen LogP contribution is -2.17. The summed E-state index contributed by atoms with van der Waals surface area (Å²) in [6.45, 7) is 0.461. The van der Waals surface area contributed by atoms with Crippen molar-refractivity contribution >= 4 is 29.4 Å². The van der Waals surface area contributed by atoms with Crippen molar-refractivity contribution in [2.24, 2.45) is 5.10 Å². The van der Waals surface area contributed by atoms with Gasteiger partial charge in [0.2, 0.25) is 0 Å². The first-order valence-corrected chi connectivity index (χ1v) is 8.64. The number of anilines is 1. The van der Waals surface area contributed by atoms with Crippen LogP contribution >= 0.6 is 11.6 Å². The van der Waals surface area contributed by atoms with Gasteiger partial charge in [0.15, 0.2) is 0 Å². The van der Waals surface area contributed by atoms with Crippen molar-refractivity contribution in [2.75, 3.05) is 5.73 Å². The molecule has 1 amide bonds. The quantitative estimate of drug-likeness (QED) is 0.381. The highest BCUT2D eigenvalue weighted by Crippen LogP contribution is 2.15. The molecule has 136 valence electrons. The molecule has 27 heavy (non-hydrogen) atoms. The van der Waals surface area contributed by atoms with Crippen LogP contribution in [-0.4, -0.2) is 12.1 Å². The molecule has 0 aliphatic carbocycles. The number of hydrogen-bond acceptors (Lipinski definition) is 4. The normalized spacial score (nSPS) is 10.7. The van der Waals surface area contributed by atoms with Crippen molar-refractivity contribution in [3.63, 3.8) is 0 Å². The van der Waals surface area contributed by atoms with Crippen LogP contribution in [0.15, 0.2) is 77.9 Å². The minimum Gasteiger partial charge on any atom is -0.489 e. The number of rotatable bonds is 6. The van der Waals surface area contributed by atoms with Gasteiger partial charge in [-0.2, -0.15) is 5.10 Å². The fraction of sp³-hybridized carbons (Fsp3) is 0.0476. The van der Waals surface area contributed by atoms with Gasteiger partial charge in [0.1, 0.15) is 12.4 Å². The summed E-state index contributed by atoms with van der Waals surface area (Å²) in [6, 6.07) is 21.5. The van der Waals surface area contributed by atoms with E-state index in [9.17, 15) is 4.79 Å². The first kappa shape index (κ1) is 18.5. The number of hydrazone groups is 1. The van der Waals surface area contributed by atoms with Crippen molar-refractivity contribution in [2.45, 2.75) is 6.61 Å². The third-order valence-corrected chi connectivity index (χ3v) is 4.00. The number of benzene rings is 3. The molecule has 3 aromatic carbocycles. The maximum absolute atomic E-state index is 11.9. The summed E-state index contributed by atoms with van der Waals surface area (Å²) >= 11 is 5.86. The topological polar surface area (TPSA) is 76.7 Å². The molecule has 0 radical (unpaired) electrons. The smallest absolute Gasteiger partial charge is 0.271 e. The minimum atomic E-state index is -0.297. The van der Waals surface area contributed by atoms with E-state index in [1.807, 2.05) is 48.5 Å². The predicted octanol–water partition coefficient (Wildman–Crippen LogP) is 4.27. The number of nitrogen functional groups attached to an aromatic ring is 1. The Balaban J connectivity index is 1.50. The summed E-state index contributed by atoms with van der Waals surface area (Å²) in [6.07, 6.45) is 1.57. The molecule has 0 bridgehead atoms. The molecule has 0 heterocycles. The fourth-order valence-electron chi connectivity index (χ4n) is 2.26. The Labute approximate surface area is 162 Å². The molecule has 0 saturated heterocycles. The van der Waals surface area contributed by atoms with Crippen molar-refractivity contribution in [3.05, 3.63) is 94.5 Å². The van der Waals surface area contributed by atoms with Gasteiger partial charge in [0, 0.05) is 16.3 Å². The summed E-state index contributed by atoms with van der Waals surface area (Å²) in [4.78, 5) is 11.9. The highest BCUT2D eigenvalue weighted by molar-refractivity contribution is 6.30. The molecule has 0 aliphatic heterocycles. The van der Waals surface area contributed by atoms with Crippen LogP contribution in [0.4, 0.5) is 5.69 Å². The van der Waals surface area contributed by atoms with E-state index >= 15 is 0 Å². The molecular weight excluding hydrogens is 362 g/mol. The van der Waals surface area contributed by atoms with Crippen LogP contribution in [0.3, 0.4) is 0 Å². The molecule has 3 rings (SSSR count). The highest BCUT2D eigenvalue weighted by atomic mass is 35.5. The molecule has 0 aliphatic rings. The number of halogens is 1. The van der Waals surface area contributed by atoms with Crippen molar-refractivity contribution in [1.82, 2.24) is 5.43 Å². The van der Waals surface area contributed by atoms with E-state index < -0.39 is 0 Å². The van der Waals surface area contributed by atoms with E-state index in [-0.39, 0.29) is 5.91 Å². The van der Waals surface area contributed by atoms with E-state index in [0.29, 0.717) is 22.9 Å². The SMILES string of the molecule is Nc1ccc(C(=O)NN=Cc2ccc(OCc3ccc(Cl)cc3)cc2)cc1. The van der Waals surface area contributed by atoms with Gasteiger partial charge >= 0.3 is 0 Å². The number of nitrogens with two attached hydrogens (primary N) is 1. The Kier molecular flexibility index (Phi) is 6.07. The Morgan fingerprint density at radius 2 is 1.67 bits per heavy atom. The van der Waals surface area contributed by atoms with Crippen LogP contribution in [0.1, 0.15) is 21.5 Å². The van der Waals surface area contributed by atoms with E-state index in [1.54, 1.807) is 30.5 Å². The fourth-order valence-corrected chi connectivity index (χ4v) is 2.39. The molecule has 3 aromatic rings. The van der Waals surface area contributed by atoms with E-state index in [4.69, 9.17) is 22.1 Å². The average Bonchev–Trinajstić information content (AvgIpc) is 2.69. The van der Waals surface area contributed by atoms with E-state index in [2.05, 4.69) is 10.5 Å². The van der Waals surface area contributed by atoms with Crippen molar-refractivity contribution in [1.29, 1.82) is 0 Å². The zero-order chi connectivity index (χ0) is 19.1. The van der Waals surface area contributed by atoms with Gasteiger partial charge in [-0.1, -0.05) is 23.7 Å². The number of carbonyl (C=O) groups excluding carboxylic acids is 1.